The van der Waals surface area contributed by atoms with Gasteiger partial charge in [-0.2, -0.15) is 0 Å². The van der Waals surface area contributed by atoms with Gasteiger partial charge in [0.15, 0.2) is 0 Å². The van der Waals surface area contributed by atoms with Gasteiger partial charge in [0, 0.05) is 17.3 Å². The standard InChI is InChI=1S/C10H16O/c1-7(2)10(5)6-8(11)9(10,3)4/h1,6H2,2-5H3. The lowest BCUT2D eigenvalue weighted by Crippen LogP contribution is -2.54. The zero-order valence-corrected chi connectivity index (χ0v) is 7.82. The second kappa shape index (κ2) is 1.96. The number of hydrogen-bond acceptors (Lipinski definition) is 1. The highest BCUT2D eigenvalue weighted by Crippen LogP contribution is 2.56. The number of hydrogen-bond donors (Lipinski definition) is 0. The minimum Gasteiger partial charge on any atom is -0.299 e. The van der Waals surface area contributed by atoms with Gasteiger partial charge >= 0.3 is 0 Å². The van der Waals surface area contributed by atoms with Gasteiger partial charge in [0.1, 0.15) is 5.78 Å². The van der Waals surface area contributed by atoms with Crippen molar-refractivity contribution in [1.82, 2.24) is 0 Å². The maximum absolute atomic E-state index is 11.2. The number of ketones is 1. The van der Waals surface area contributed by atoms with E-state index in [2.05, 4.69) is 13.5 Å². The lowest BCUT2D eigenvalue weighted by atomic mass is 9.49. The molecule has 0 aromatic heterocycles. The molecule has 0 radical (unpaired) electrons. The van der Waals surface area contributed by atoms with E-state index in [0.29, 0.717) is 12.2 Å². The topological polar surface area (TPSA) is 17.1 Å². The summed E-state index contributed by atoms with van der Waals surface area (Å²) < 4.78 is 0. The molecule has 1 aliphatic rings. The molecule has 0 heterocycles. The Hall–Kier alpha value is -0.590. The molecule has 0 bridgehead atoms. The second-order valence-electron chi connectivity index (χ2n) is 4.34. The van der Waals surface area contributed by atoms with Crippen molar-refractivity contribution in [3.63, 3.8) is 0 Å². The molecule has 0 spiro atoms. The zero-order valence-electron chi connectivity index (χ0n) is 7.82. The van der Waals surface area contributed by atoms with Crippen LogP contribution in [-0.2, 0) is 4.79 Å². The van der Waals surface area contributed by atoms with Crippen LogP contribution in [0.4, 0.5) is 0 Å². The quantitative estimate of drug-likeness (QED) is 0.528. The van der Waals surface area contributed by atoms with Crippen molar-refractivity contribution in [1.29, 1.82) is 0 Å². The summed E-state index contributed by atoms with van der Waals surface area (Å²) in [5.74, 6) is 0.364. The lowest BCUT2D eigenvalue weighted by molar-refractivity contribution is -0.149. The molecule has 1 atom stereocenters. The summed E-state index contributed by atoms with van der Waals surface area (Å²) in [7, 11) is 0. The Bertz CT molecular complexity index is 225. The Labute approximate surface area is 68.5 Å². The largest absolute Gasteiger partial charge is 0.299 e. The van der Waals surface area contributed by atoms with Gasteiger partial charge in [-0.1, -0.05) is 32.9 Å². The predicted octanol–water partition coefficient (Wildman–Crippen LogP) is 2.57. The Kier molecular flexibility index (Phi) is 1.52. The van der Waals surface area contributed by atoms with E-state index in [9.17, 15) is 4.79 Å². The average Bonchev–Trinajstić information content (AvgIpc) is 1.87. The van der Waals surface area contributed by atoms with Crippen LogP contribution in [0.15, 0.2) is 12.2 Å². The highest BCUT2D eigenvalue weighted by Gasteiger charge is 2.56. The first-order valence-corrected chi connectivity index (χ1v) is 4.01. The third-order valence-corrected chi connectivity index (χ3v) is 3.53. The minimum absolute atomic E-state index is 0.0457. The molecule has 0 N–H and O–H groups in total. The third kappa shape index (κ3) is 0.800. The van der Waals surface area contributed by atoms with E-state index in [4.69, 9.17) is 0 Å². The van der Waals surface area contributed by atoms with Crippen molar-refractivity contribution < 1.29 is 4.79 Å². The molecule has 0 aliphatic heterocycles. The summed E-state index contributed by atoms with van der Waals surface area (Å²) in [4.78, 5) is 11.2. The number of rotatable bonds is 1. The zero-order chi connectivity index (χ0) is 8.86. The van der Waals surface area contributed by atoms with Crippen LogP contribution in [0.5, 0.6) is 0 Å². The molecule has 1 heteroatoms. The minimum atomic E-state index is -0.182. The Morgan fingerprint density at radius 2 is 1.91 bits per heavy atom. The maximum Gasteiger partial charge on any atom is 0.140 e. The Morgan fingerprint density at radius 3 is 2.00 bits per heavy atom. The van der Waals surface area contributed by atoms with E-state index in [0.717, 1.165) is 5.57 Å². The summed E-state index contributed by atoms with van der Waals surface area (Å²) >= 11 is 0. The number of Topliss-reactive ketones (excluding diaryl/α,β-unsaturated/α-hetero) is 1. The average molecular weight is 152 g/mol. The van der Waals surface area contributed by atoms with Crippen molar-refractivity contribution in [2.24, 2.45) is 10.8 Å². The molecule has 0 amide bonds. The SMILES string of the molecule is C=C(C)C1(C)CC(=O)C1(C)C. The van der Waals surface area contributed by atoms with Crippen LogP contribution in [0.3, 0.4) is 0 Å². The summed E-state index contributed by atoms with van der Waals surface area (Å²) in [6, 6.07) is 0. The van der Waals surface area contributed by atoms with Crippen molar-refractivity contribution in [2.45, 2.75) is 34.1 Å². The van der Waals surface area contributed by atoms with E-state index >= 15 is 0 Å². The fourth-order valence-electron chi connectivity index (χ4n) is 1.65. The van der Waals surface area contributed by atoms with Crippen LogP contribution in [-0.4, -0.2) is 5.78 Å². The summed E-state index contributed by atoms with van der Waals surface area (Å²) in [6.07, 6.45) is 0.676. The number of carbonyl (C=O) groups is 1. The molecule has 1 nitrogen and oxygen atoms in total. The van der Waals surface area contributed by atoms with Gasteiger partial charge in [0.2, 0.25) is 0 Å². The van der Waals surface area contributed by atoms with Crippen molar-refractivity contribution in [3.8, 4) is 0 Å². The lowest BCUT2D eigenvalue weighted by Gasteiger charge is -2.53. The molecule has 1 fully saturated rings. The van der Waals surface area contributed by atoms with Gasteiger partial charge in [0.05, 0.1) is 0 Å². The highest BCUT2D eigenvalue weighted by atomic mass is 16.1. The Balaban J connectivity index is 2.96. The van der Waals surface area contributed by atoms with E-state index in [1.165, 1.54) is 0 Å². The number of carbonyl (C=O) groups excluding carboxylic acids is 1. The van der Waals surface area contributed by atoms with Gasteiger partial charge in [-0.3, -0.25) is 4.79 Å². The van der Waals surface area contributed by atoms with Crippen LogP contribution >= 0.6 is 0 Å². The van der Waals surface area contributed by atoms with Crippen molar-refractivity contribution in [2.75, 3.05) is 0 Å². The van der Waals surface area contributed by atoms with Crippen LogP contribution in [0.2, 0.25) is 0 Å². The highest BCUT2D eigenvalue weighted by molar-refractivity contribution is 5.93. The normalized spacial score (nSPS) is 34.7. The first-order chi connectivity index (χ1) is 4.82. The summed E-state index contributed by atoms with van der Waals surface area (Å²) in [6.45, 7) is 12.1. The fraction of sp³-hybridized carbons (Fsp3) is 0.700. The first kappa shape index (κ1) is 8.51. The fourth-order valence-corrected chi connectivity index (χ4v) is 1.65. The maximum atomic E-state index is 11.2. The van der Waals surface area contributed by atoms with Crippen molar-refractivity contribution in [3.05, 3.63) is 12.2 Å². The van der Waals surface area contributed by atoms with Crippen LogP contribution in [0.25, 0.3) is 0 Å². The summed E-state index contributed by atoms with van der Waals surface area (Å²) in [5, 5.41) is 0. The molecular formula is C10H16O. The molecule has 0 aromatic rings. The predicted molar refractivity (Wildman–Crippen MR) is 46.3 cm³/mol. The van der Waals surface area contributed by atoms with Crippen LogP contribution in [0.1, 0.15) is 34.1 Å². The van der Waals surface area contributed by atoms with Gasteiger partial charge < -0.3 is 0 Å². The van der Waals surface area contributed by atoms with E-state index in [1.54, 1.807) is 0 Å². The van der Waals surface area contributed by atoms with Crippen LogP contribution < -0.4 is 0 Å². The first-order valence-electron chi connectivity index (χ1n) is 4.01. The second-order valence-corrected chi connectivity index (χ2v) is 4.34. The van der Waals surface area contributed by atoms with Crippen molar-refractivity contribution >= 4 is 5.78 Å². The molecule has 1 aliphatic carbocycles. The molecule has 1 rings (SSSR count). The smallest absolute Gasteiger partial charge is 0.140 e. The van der Waals surface area contributed by atoms with Gasteiger partial charge in [0.25, 0.3) is 0 Å². The molecular weight excluding hydrogens is 136 g/mol. The molecule has 1 unspecified atom stereocenters. The van der Waals surface area contributed by atoms with E-state index in [-0.39, 0.29) is 10.8 Å². The van der Waals surface area contributed by atoms with Gasteiger partial charge in [-0.05, 0) is 6.92 Å². The van der Waals surface area contributed by atoms with Gasteiger partial charge in [-0.15, -0.1) is 0 Å². The number of allylic oxidation sites excluding steroid dienone is 1. The Morgan fingerprint density at radius 1 is 1.45 bits per heavy atom. The molecule has 0 saturated heterocycles. The van der Waals surface area contributed by atoms with Crippen LogP contribution in [0, 0.1) is 10.8 Å². The molecule has 1 saturated carbocycles. The van der Waals surface area contributed by atoms with Gasteiger partial charge in [-0.25, -0.2) is 0 Å². The monoisotopic (exact) mass is 152 g/mol. The third-order valence-electron chi connectivity index (χ3n) is 3.53. The van der Waals surface area contributed by atoms with E-state index in [1.807, 2.05) is 20.8 Å². The molecule has 62 valence electrons. The van der Waals surface area contributed by atoms with E-state index < -0.39 is 0 Å². The molecule has 0 aromatic carbocycles. The summed E-state index contributed by atoms with van der Waals surface area (Å²) in [5.41, 5.74) is 0.991. The molecule has 11 heavy (non-hydrogen) atoms.